The van der Waals surface area contributed by atoms with Crippen LogP contribution in [0, 0.1) is 5.82 Å². The van der Waals surface area contributed by atoms with E-state index in [-0.39, 0.29) is 30.6 Å². The van der Waals surface area contributed by atoms with Gasteiger partial charge < -0.3 is 15.8 Å². The highest BCUT2D eigenvalue weighted by Crippen LogP contribution is 2.30. The zero-order chi connectivity index (χ0) is 24.2. The Bertz CT molecular complexity index is 1490. The van der Waals surface area contributed by atoms with E-state index in [1.54, 1.807) is 30.5 Å². The molecular formula is C25H20FN7O2. The van der Waals surface area contributed by atoms with Crippen molar-refractivity contribution in [3.63, 3.8) is 0 Å². The van der Waals surface area contributed by atoms with Gasteiger partial charge in [-0.1, -0.05) is 30.3 Å². The van der Waals surface area contributed by atoms with Gasteiger partial charge in [-0.2, -0.15) is 5.10 Å². The van der Waals surface area contributed by atoms with Crippen molar-refractivity contribution in [3.05, 3.63) is 90.6 Å². The van der Waals surface area contributed by atoms with Gasteiger partial charge in [-0.25, -0.2) is 24.0 Å². The number of anilines is 1. The van der Waals surface area contributed by atoms with Gasteiger partial charge in [0.15, 0.2) is 5.65 Å². The molecule has 0 spiro atoms. The average molecular weight is 469 g/mol. The third-order valence-electron chi connectivity index (χ3n) is 5.21. The Hall–Kier alpha value is -4.86. The molecule has 0 saturated heterocycles. The summed E-state index contributed by atoms with van der Waals surface area (Å²) in [5.74, 6) is 0.655. The second-order valence-electron chi connectivity index (χ2n) is 7.67. The maximum absolute atomic E-state index is 13.4. The smallest absolute Gasteiger partial charge is 0.242 e. The van der Waals surface area contributed by atoms with Crippen molar-refractivity contribution >= 4 is 22.8 Å². The number of nitrogen functional groups attached to an aromatic ring is 1. The fourth-order valence-corrected chi connectivity index (χ4v) is 3.57. The first-order valence-corrected chi connectivity index (χ1v) is 10.7. The van der Waals surface area contributed by atoms with Gasteiger partial charge in [0.05, 0.1) is 5.39 Å². The predicted octanol–water partition coefficient (Wildman–Crippen LogP) is 3.72. The van der Waals surface area contributed by atoms with Gasteiger partial charge in [0.2, 0.25) is 11.8 Å². The maximum Gasteiger partial charge on any atom is 0.242 e. The molecule has 3 heterocycles. The second-order valence-corrected chi connectivity index (χ2v) is 7.67. The number of hydrogen-bond donors (Lipinski definition) is 2. The Kier molecular flexibility index (Phi) is 6.00. The van der Waals surface area contributed by atoms with Crippen LogP contribution in [0.3, 0.4) is 0 Å². The summed E-state index contributed by atoms with van der Waals surface area (Å²) in [5, 5.41) is 7.86. The van der Waals surface area contributed by atoms with E-state index in [1.165, 1.54) is 23.1 Å². The molecule has 0 unspecified atom stereocenters. The molecule has 5 aromatic rings. The van der Waals surface area contributed by atoms with Crippen LogP contribution in [0.25, 0.3) is 22.3 Å². The Morgan fingerprint density at radius 2 is 1.89 bits per heavy atom. The van der Waals surface area contributed by atoms with Crippen LogP contribution in [0.4, 0.5) is 10.2 Å². The van der Waals surface area contributed by atoms with Crippen molar-refractivity contribution in [2.75, 3.05) is 5.73 Å². The molecule has 9 nitrogen and oxygen atoms in total. The average Bonchev–Trinajstić information content (AvgIpc) is 3.23. The van der Waals surface area contributed by atoms with Crippen LogP contribution in [0.1, 0.15) is 5.56 Å². The van der Waals surface area contributed by atoms with Crippen LogP contribution in [-0.2, 0) is 17.9 Å². The Morgan fingerprint density at radius 1 is 1.03 bits per heavy atom. The number of hydrogen-bond acceptors (Lipinski definition) is 7. The summed E-state index contributed by atoms with van der Waals surface area (Å²) in [7, 11) is 0. The largest absolute Gasteiger partial charge is 0.439 e. The summed E-state index contributed by atoms with van der Waals surface area (Å²) in [4.78, 5) is 25.3. The number of nitrogens with one attached hydrogen (secondary N) is 1. The van der Waals surface area contributed by atoms with E-state index in [4.69, 9.17) is 10.5 Å². The summed E-state index contributed by atoms with van der Waals surface area (Å²) in [6.07, 6.45) is 2.93. The van der Waals surface area contributed by atoms with Crippen molar-refractivity contribution in [1.29, 1.82) is 0 Å². The number of aromatic nitrogens is 5. The number of pyridine rings is 1. The zero-order valence-corrected chi connectivity index (χ0v) is 18.4. The van der Waals surface area contributed by atoms with Gasteiger partial charge in [-0.15, -0.1) is 0 Å². The number of carbonyl (C=O) groups excluding carboxylic acids is 1. The number of para-hydroxylation sites is 1. The summed E-state index contributed by atoms with van der Waals surface area (Å²) >= 11 is 0. The molecule has 1 amide bonds. The number of fused-ring (bicyclic) bond motifs is 1. The van der Waals surface area contributed by atoms with Gasteiger partial charge >= 0.3 is 0 Å². The molecule has 0 bridgehead atoms. The fourth-order valence-electron chi connectivity index (χ4n) is 3.57. The molecule has 3 aromatic heterocycles. The number of rotatable bonds is 7. The minimum atomic E-state index is -0.361. The maximum atomic E-state index is 13.4. The number of amides is 1. The third kappa shape index (κ3) is 4.91. The fraction of sp³-hybridized carbons (Fsp3) is 0.0800. The minimum Gasteiger partial charge on any atom is -0.439 e. The van der Waals surface area contributed by atoms with E-state index in [0.717, 1.165) is 0 Å². The van der Waals surface area contributed by atoms with Crippen molar-refractivity contribution in [1.82, 2.24) is 30.0 Å². The van der Waals surface area contributed by atoms with E-state index in [2.05, 4.69) is 25.4 Å². The van der Waals surface area contributed by atoms with Gasteiger partial charge in [0, 0.05) is 24.4 Å². The normalized spacial score (nSPS) is 10.9. The number of carbonyl (C=O) groups is 1. The topological polar surface area (TPSA) is 121 Å². The lowest BCUT2D eigenvalue weighted by atomic mass is 10.1. The van der Waals surface area contributed by atoms with Crippen LogP contribution in [0.2, 0.25) is 0 Å². The van der Waals surface area contributed by atoms with Crippen LogP contribution in [0.5, 0.6) is 11.6 Å². The molecule has 0 aliphatic rings. The molecule has 0 atom stereocenters. The van der Waals surface area contributed by atoms with Crippen molar-refractivity contribution in [2.24, 2.45) is 0 Å². The van der Waals surface area contributed by atoms with Crippen molar-refractivity contribution < 1.29 is 13.9 Å². The number of benzene rings is 2. The standard InChI is InChI=1S/C25H20FN7O2/c26-18-6-4-5-16(11-18)12-28-20(34)14-33-25-22(24(27)30-15-31-25)23(32-33)17-9-10-21(29-13-17)35-19-7-2-1-3-8-19/h1-11,13,15H,12,14H2,(H,28,34)(H2,27,30,31). The second kappa shape index (κ2) is 9.56. The minimum absolute atomic E-state index is 0.106. The van der Waals surface area contributed by atoms with Gasteiger partial charge in [-0.3, -0.25) is 4.79 Å². The van der Waals surface area contributed by atoms with E-state index in [9.17, 15) is 9.18 Å². The zero-order valence-electron chi connectivity index (χ0n) is 18.4. The molecule has 0 aliphatic heterocycles. The lowest BCUT2D eigenvalue weighted by Crippen LogP contribution is -2.27. The highest BCUT2D eigenvalue weighted by atomic mass is 19.1. The number of halogens is 1. The van der Waals surface area contributed by atoms with Gasteiger partial charge in [-0.05, 0) is 35.9 Å². The van der Waals surface area contributed by atoms with E-state index in [1.807, 2.05) is 30.3 Å². The Labute approximate surface area is 199 Å². The highest BCUT2D eigenvalue weighted by Gasteiger charge is 2.19. The third-order valence-corrected chi connectivity index (χ3v) is 5.21. The number of ether oxygens (including phenoxy) is 1. The Morgan fingerprint density at radius 3 is 2.66 bits per heavy atom. The van der Waals surface area contributed by atoms with E-state index >= 15 is 0 Å². The molecule has 3 N–H and O–H groups in total. The summed E-state index contributed by atoms with van der Waals surface area (Å²) in [5.41, 5.74) is 8.36. The van der Waals surface area contributed by atoms with Gasteiger partial charge in [0.1, 0.15) is 36.0 Å². The molecule has 0 fully saturated rings. The molecule has 0 aliphatic carbocycles. The van der Waals surface area contributed by atoms with Gasteiger partial charge in [0.25, 0.3) is 0 Å². The number of nitrogens with two attached hydrogens (primary N) is 1. The summed E-state index contributed by atoms with van der Waals surface area (Å²) in [6.45, 7) is 0.0808. The highest BCUT2D eigenvalue weighted by molar-refractivity contribution is 5.98. The van der Waals surface area contributed by atoms with E-state index < -0.39 is 0 Å². The molecular weight excluding hydrogens is 449 g/mol. The SMILES string of the molecule is Nc1ncnc2c1c(-c1ccc(Oc3ccccc3)nc1)nn2CC(=O)NCc1cccc(F)c1. The quantitative estimate of drug-likeness (QED) is 0.373. The summed E-state index contributed by atoms with van der Waals surface area (Å²) < 4.78 is 20.6. The molecule has 174 valence electrons. The molecule has 0 radical (unpaired) electrons. The molecule has 2 aromatic carbocycles. The van der Waals surface area contributed by atoms with Crippen LogP contribution < -0.4 is 15.8 Å². The predicted molar refractivity (Wildman–Crippen MR) is 128 cm³/mol. The molecule has 0 saturated carbocycles. The molecule has 35 heavy (non-hydrogen) atoms. The first-order chi connectivity index (χ1) is 17.1. The van der Waals surface area contributed by atoms with Crippen LogP contribution in [0.15, 0.2) is 79.3 Å². The first-order valence-electron chi connectivity index (χ1n) is 10.7. The lowest BCUT2D eigenvalue weighted by molar-refractivity contribution is -0.121. The number of nitrogens with zero attached hydrogens (tertiary/aromatic N) is 5. The van der Waals surface area contributed by atoms with E-state index in [0.29, 0.717) is 39.5 Å². The monoisotopic (exact) mass is 469 g/mol. The summed E-state index contributed by atoms with van der Waals surface area (Å²) in [6, 6.07) is 18.9. The molecule has 10 heteroatoms. The van der Waals surface area contributed by atoms with Crippen molar-refractivity contribution in [3.8, 4) is 22.9 Å². The Balaban J connectivity index is 1.38. The lowest BCUT2D eigenvalue weighted by Gasteiger charge is -2.06. The van der Waals surface area contributed by atoms with Crippen molar-refractivity contribution in [2.45, 2.75) is 13.1 Å². The first kappa shape index (κ1) is 22.0. The van der Waals surface area contributed by atoms with Crippen LogP contribution in [-0.4, -0.2) is 30.6 Å². The van der Waals surface area contributed by atoms with Crippen LogP contribution >= 0.6 is 0 Å². The molecule has 5 rings (SSSR count).